The molecule has 5 atom stereocenters. The second kappa shape index (κ2) is 10.2. The van der Waals surface area contributed by atoms with Crippen molar-refractivity contribution in [3.8, 4) is 0 Å². The van der Waals surface area contributed by atoms with Crippen LogP contribution in [0.25, 0.3) is 0 Å². The molecule has 2 bridgehead atoms. The molecule has 2 saturated heterocycles. The van der Waals surface area contributed by atoms with Gasteiger partial charge in [0.15, 0.2) is 9.84 Å². The fourth-order valence-corrected chi connectivity index (χ4v) is 7.96. The van der Waals surface area contributed by atoms with E-state index in [1.54, 1.807) is 36.4 Å². The van der Waals surface area contributed by atoms with Crippen LogP contribution in [-0.4, -0.2) is 25.8 Å². The first kappa shape index (κ1) is 28.6. The summed E-state index contributed by atoms with van der Waals surface area (Å²) in [5, 5.41) is 2.66. The lowest BCUT2D eigenvalue weighted by Gasteiger charge is -2.43. The number of benzene rings is 3. The molecule has 3 aromatic carbocycles. The van der Waals surface area contributed by atoms with Crippen LogP contribution in [0.4, 0.5) is 26.3 Å². The van der Waals surface area contributed by atoms with Gasteiger partial charge in [-0.2, -0.15) is 26.3 Å². The highest BCUT2D eigenvalue weighted by molar-refractivity contribution is 7.92. The molecule has 4 nitrogen and oxygen atoms in total. The second-order valence-electron chi connectivity index (χ2n) is 10.4. The molecule has 0 aliphatic carbocycles. The van der Waals surface area contributed by atoms with Gasteiger partial charge in [-0.3, -0.25) is 0 Å². The van der Waals surface area contributed by atoms with Gasteiger partial charge in [-0.1, -0.05) is 48.5 Å². The molecule has 214 valence electrons. The summed E-state index contributed by atoms with van der Waals surface area (Å²) in [5.74, 6) is 0. The number of hydrogen-bond donors (Lipinski definition) is 1. The minimum absolute atomic E-state index is 0.0877. The van der Waals surface area contributed by atoms with Crippen LogP contribution in [0.15, 0.2) is 83.8 Å². The molecule has 2 fully saturated rings. The van der Waals surface area contributed by atoms with Crippen LogP contribution in [0.3, 0.4) is 0 Å². The van der Waals surface area contributed by atoms with Gasteiger partial charge in [0.2, 0.25) is 0 Å². The Morgan fingerprint density at radius 3 is 1.95 bits per heavy atom. The number of fused-ring (bicyclic) bond motifs is 2. The van der Waals surface area contributed by atoms with Gasteiger partial charge in [0.05, 0.1) is 39.0 Å². The van der Waals surface area contributed by atoms with E-state index in [0.717, 1.165) is 5.56 Å². The molecule has 3 aromatic rings. The van der Waals surface area contributed by atoms with Crippen molar-refractivity contribution in [1.29, 1.82) is 0 Å². The van der Waals surface area contributed by atoms with Gasteiger partial charge >= 0.3 is 12.4 Å². The van der Waals surface area contributed by atoms with Gasteiger partial charge in [0.1, 0.15) is 0 Å². The topological polar surface area (TPSA) is 55.4 Å². The Kier molecular flexibility index (Phi) is 7.29. The summed E-state index contributed by atoms with van der Waals surface area (Å²) in [6.07, 6.45) is -10.9. The van der Waals surface area contributed by atoms with Crippen LogP contribution in [-0.2, 0) is 32.5 Å². The van der Waals surface area contributed by atoms with E-state index in [-0.39, 0.29) is 22.9 Å². The highest BCUT2D eigenvalue weighted by Gasteiger charge is 2.58. The van der Waals surface area contributed by atoms with Crippen molar-refractivity contribution in [2.45, 2.75) is 72.5 Å². The maximum atomic E-state index is 13.7. The van der Waals surface area contributed by atoms with Crippen molar-refractivity contribution >= 4 is 9.84 Å². The SMILES string of the molecule is C[C@@H](O[C@@H]1CC[C@@H]2N[C@@]1(c1ccccc1)C[C@H]2S(=O)(=O)c1ccccc1)c1cc(C(F)(F)F)cc(C(F)(F)F)c1. The van der Waals surface area contributed by atoms with E-state index in [0.29, 0.717) is 25.0 Å². The highest BCUT2D eigenvalue weighted by Crippen LogP contribution is 2.49. The minimum Gasteiger partial charge on any atom is -0.368 e. The summed E-state index contributed by atoms with van der Waals surface area (Å²) in [5.41, 5.74) is -3.37. The quantitative estimate of drug-likeness (QED) is 0.316. The predicted molar refractivity (Wildman–Crippen MR) is 136 cm³/mol. The molecular formula is C29H27F6NO3S. The van der Waals surface area contributed by atoms with Gasteiger partial charge in [-0.05, 0) is 67.6 Å². The van der Waals surface area contributed by atoms with E-state index in [1.165, 1.54) is 19.1 Å². The number of sulfone groups is 1. The molecule has 2 heterocycles. The largest absolute Gasteiger partial charge is 0.416 e. The number of hydrogen-bond acceptors (Lipinski definition) is 4. The average Bonchev–Trinajstić information content (AvgIpc) is 3.25. The van der Waals surface area contributed by atoms with Gasteiger partial charge in [-0.15, -0.1) is 0 Å². The van der Waals surface area contributed by atoms with Crippen molar-refractivity contribution in [2.24, 2.45) is 0 Å². The maximum absolute atomic E-state index is 13.7. The molecule has 0 aromatic heterocycles. The van der Waals surface area contributed by atoms with Crippen LogP contribution < -0.4 is 5.32 Å². The monoisotopic (exact) mass is 583 g/mol. The zero-order valence-electron chi connectivity index (χ0n) is 21.3. The van der Waals surface area contributed by atoms with Crippen LogP contribution in [0.2, 0.25) is 0 Å². The van der Waals surface area contributed by atoms with Crippen molar-refractivity contribution in [3.05, 3.63) is 101 Å². The molecule has 0 spiro atoms. The number of piperidine rings is 1. The van der Waals surface area contributed by atoms with Crippen LogP contribution in [0.1, 0.15) is 54.5 Å². The Balaban J connectivity index is 1.52. The number of halogens is 6. The number of ether oxygens (including phenoxy) is 1. The van der Waals surface area contributed by atoms with Gasteiger partial charge in [0, 0.05) is 6.04 Å². The predicted octanol–water partition coefficient (Wildman–Crippen LogP) is 7.06. The Labute approximate surface area is 228 Å². The lowest BCUT2D eigenvalue weighted by Crippen LogP contribution is -2.55. The van der Waals surface area contributed by atoms with Crippen molar-refractivity contribution in [2.75, 3.05) is 0 Å². The smallest absolute Gasteiger partial charge is 0.368 e. The molecule has 0 saturated carbocycles. The van der Waals surface area contributed by atoms with E-state index in [1.807, 2.05) is 12.1 Å². The summed E-state index contributed by atoms with van der Waals surface area (Å²) in [6.45, 7) is 1.41. The molecule has 2 aliphatic heterocycles. The van der Waals surface area contributed by atoms with E-state index >= 15 is 0 Å². The van der Waals surface area contributed by atoms with Gasteiger partial charge < -0.3 is 10.1 Å². The summed E-state index contributed by atoms with van der Waals surface area (Å²) >= 11 is 0. The molecule has 0 amide bonds. The third-order valence-corrected chi connectivity index (χ3v) is 10.1. The van der Waals surface area contributed by atoms with Gasteiger partial charge in [-0.25, -0.2) is 8.42 Å². The standard InChI is InChI=1S/C29H27F6NO3S/c1-18(19-14-21(28(30,31)32)16-22(15-19)29(33,34)35)39-26-13-12-24-25(40(37,38)23-10-6-3-7-11-23)17-27(26,36-24)20-8-4-2-5-9-20/h2-11,14-16,18,24-26,36H,12-13,17H2,1H3/t18-,24+,25-,26-,27-/m1/s1. The molecule has 0 radical (unpaired) electrons. The number of alkyl halides is 6. The first-order chi connectivity index (χ1) is 18.7. The third kappa shape index (κ3) is 5.26. The fraction of sp³-hybridized carbons (Fsp3) is 0.379. The Hall–Kier alpha value is -2.89. The molecule has 0 unspecified atom stereocenters. The average molecular weight is 584 g/mol. The maximum Gasteiger partial charge on any atom is 0.416 e. The first-order valence-corrected chi connectivity index (χ1v) is 14.3. The summed E-state index contributed by atoms with van der Waals surface area (Å²) in [7, 11) is -3.76. The Bertz CT molecular complexity index is 1430. The lowest BCUT2D eigenvalue weighted by atomic mass is 9.80. The van der Waals surface area contributed by atoms with E-state index < -0.39 is 62.4 Å². The van der Waals surface area contributed by atoms with Crippen molar-refractivity contribution < 1.29 is 39.5 Å². The van der Waals surface area contributed by atoms with E-state index in [9.17, 15) is 34.8 Å². The first-order valence-electron chi connectivity index (χ1n) is 12.8. The van der Waals surface area contributed by atoms with Crippen molar-refractivity contribution in [3.63, 3.8) is 0 Å². The number of rotatable bonds is 6. The molecule has 1 N–H and O–H groups in total. The normalized spacial score (nSPS) is 26.0. The molecule has 5 rings (SSSR count). The molecule has 40 heavy (non-hydrogen) atoms. The van der Waals surface area contributed by atoms with Gasteiger partial charge in [0.25, 0.3) is 0 Å². The summed E-state index contributed by atoms with van der Waals surface area (Å²) in [6, 6.07) is 18.1. The second-order valence-corrected chi connectivity index (χ2v) is 12.5. The molecule has 2 aliphatic rings. The third-order valence-electron chi connectivity index (χ3n) is 7.91. The minimum atomic E-state index is -4.98. The number of nitrogens with one attached hydrogen (secondary N) is 1. The molecule has 11 heteroatoms. The van der Waals surface area contributed by atoms with Crippen LogP contribution >= 0.6 is 0 Å². The van der Waals surface area contributed by atoms with Crippen molar-refractivity contribution in [1.82, 2.24) is 5.32 Å². The lowest BCUT2D eigenvalue weighted by molar-refractivity contribution is -0.143. The van der Waals surface area contributed by atoms with Crippen LogP contribution in [0.5, 0.6) is 0 Å². The Morgan fingerprint density at radius 2 is 1.40 bits per heavy atom. The van der Waals surface area contributed by atoms with E-state index in [2.05, 4.69) is 5.32 Å². The zero-order chi connectivity index (χ0) is 28.9. The fourth-order valence-electron chi connectivity index (χ4n) is 5.96. The van der Waals surface area contributed by atoms with Crippen LogP contribution in [0, 0.1) is 0 Å². The van der Waals surface area contributed by atoms with E-state index in [4.69, 9.17) is 4.74 Å². The highest BCUT2D eigenvalue weighted by atomic mass is 32.2. The zero-order valence-corrected chi connectivity index (χ0v) is 22.2. The summed E-state index contributed by atoms with van der Waals surface area (Å²) < 4.78 is 115. The Morgan fingerprint density at radius 1 is 0.850 bits per heavy atom. The summed E-state index contributed by atoms with van der Waals surface area (Å²) in [4.78, 5) is 0.187. The molecular weight excluding hydrogens is 556 g/mol.